The third-order valence-electron chi connectivity index (χ3n) is 8.71. The Hall–Kier alpha value is -3.85. The number of aliphatic hydroxyl groups is 1. The van der Waals surface area contributed by atoms with E-state index in [9.17, 15) is 20.0 Å². The molecule has 1 aromatic carbocycles. The van der Waals surface area contributed by atoms with Crippen LogP contribution in [0, 0.1) is 23.2 Å². The number of aliphatic hydroxyl groups excluding tert-OH is 1. The average molecular weight is 574 g/mol. The summed E-state index contributed by atoms with van der Waals surface area (Å²) in [5, 5.41) is 30.2. The minimum absolute atomic E-state index is 0.0443. The summed E-state index contributed by atoms with van der Waals surface area (Å²) in [6.07, 6.45) is 5.28. The van der Waals surface area contributed by atoms with Crippen LogP contribution in [-0.4, -0.2) is 69.7 Å². The number of fused-ring (bicyclic) bond motifs is 3. The van der Waals surface area contributed by atoms with E-state index in [1.165, 1.54) is 10.5 Å². The van der Waals surface area contributed by atoms with Crippen molar-refractivity contribution in [3.63, 3.8) is 0 Å². The van der Waals surface area contributed by atoms with Gasteiger partial charge in [-0.05, 0) is 62.4 Å². The van der Waals surface area contributed by atoms with Gasteiger partial charge in [0.05, 0.1) is 46.8 Å². The zero-order valence-electron chi connectivity index (χ0n) is 22.7. The molecule has 1 aliphatic carbocycles. The van der Waals surface area contributed by atoms with Gasteiger partial charge < -0.3 is 20.4 Å². The molecule has 2 amide bonds. The Balaban J connectivity index is 0.000000967. The van der Waals surface area contributed by atoms with Crippen LogP contribution in [0.1, 0.15) is 42.2 Å². The van der Waals surface area contributed by atoms with Gasteiger partial charge in [0, 0.05) is 52.6 Å². The second-order valence-corrected chi connectivity index (χ2v) is 12.6. The van der Waals surface area contributed by atoms with Crippen molar-refractivity contribution in [3.05, 3.63) is 46.5 Å². The fourth-order valence-electron chi connectivity index (χ4n) is 6.62. The van der Waals surface area contributed by atoms with Crippen LogP contribution in [0.4, 0.5) is 5.69 Å². The van der Waals surface area contributed by atoms with Gasteiger partial charge in [-0.2, -0.15) is 5.26 Å². The van der Waals surface area contributed by atoms with Crippen molar-refractivity contribution >= 4 is 45.5 Å². The summed E-state index contributed by atoms with van der Waals surface area (Å²) < 4.78 is 0.999. The standard InChI is InChI=1S/C29H29N5O3S.CH2O2/c1-29(15-35)11-18(13-32-29)33-6-2-3-17-7-16(12-30)8-21(25(17)33)20-4-5-31-24-9-19(38-26(20)24)14-34-27(36)22-10-23(22)28(34)37;2-1-3/h4-5,7-9,18,22-23,32,35H,2-3,6,10-11,13-15H2,1H3;1H,(H,2,3)/t18-,22?,23?,29+;/m0./s1. The number of nitrogens with zero attached hydrogens (tertiary/aromatic N) is 4. The van der Waals surface area contributed by atoms with Crippen molar-refractivity contribution < 1.29 is 24.6 Å². The highest BCUT2D eigenvalue weighted by Gasteiger charge is 2.58. The van der Waals surface area contributed by atoms with Gasteiger partial charge in [-0.25, -0.2) is 0 Å². The molecule has 212 valence electrons. The number of hydrogen-bond acceptors (Lipinski definition) is 9. The van der Waals surface area contributed by atoms with Crippen LogP contribution in [-0.2, 0) is 27.3 Å². The summed E-state index contributed by atoms with van der Waals surface area (Å²) in [5.41, 5.74) is 5.55. The number of imide groups is 1. The van der Waals surface area contributed by atoms with E-state index < -0.39 is 0 Å². The normalized spacial score (nSPS) is 26.3. The number of amides is 2. The predicted molar refractivity (Wildman–Crippen MR) is 153 cm³/mol. The van der Waals surface area contributed by atoms with Crippen molar-refractivity contribution in [1.82, 2.24) is 15.2 Å². The SMILES string of the molecule is C[C@]1(CO)C[C@H](N2CCCc3cc(C#N)cc(-c4ccnc5cc(CN6C(=O)C7CC7C6=O)sc45)c32)CN1.O=CO. The molecule has 2 saturated heterocycles. The molecule has 4 aliphatic rings. The highest BCUT2D eigenvalue weighted by atomic mass is 32.1. The fourth-order valence-corrected chi connectivity index (χ4v) is 7.75. The van der Waals surface area contributed by atoms with Crippen LogP contribution < -0.4 is 10.2 Å². The van der Waals surface area contributed by atoms with Gasteiger partial charge in [0.25, 0.3) is 6.47 Å². The largest absolute Gasteiger partial charge is 0.483 e. The van der Waals surface area contributed by atoms with E-state index in [4.69, 9.17) is 9.90 Å². The number of rotatable bonds is 5. The van der Waals surface area contributed by atoms with Crippen LogP contribution >= 0.6 is 11.3 Å². The number of likely N-dealkylation sites (tertiary alicyclic amines) is 1. The molecule has 11 heteroatoms. The molecular weight excluding hydrogens is 542 g/mol. The number of hydrogen-bond donors (Lipinski definition) is 3. The molecule has 3 aromatic rings. The number of aryl methyl sites for hydroxylation is 1. The topological polar surface area (TPSA) is 147 Å². The Bertz CT molecular complexity index is 1580. The van der Waals surface area contributed by atoms with Crippen LogP contribution in [0.3, 0.4) is 0 Å². The molecule has 3 aliphatic heterocycles. The maximum absolute atomic E-state index is 12.6. The number of thiophene rings is 1. The van der Waals surface area contributed by atoms with Crippen LogP contribution in [0.25, 0.3) is 21.3 Å². The molecule has 5 heterocycles. The van der Waals surface area contributed by atoms with Crippen LogP contribution in [0.5, 0.6) is 0 Å². The lowest BCUT2D eigenvalue weighted by molar-refractivity contribution is -0.142. The number of aromatic nitrogens is 1. The lowest BCUT2D eigenvalue weighted by Gasteiger charge is -2.38. The van der Waals surface area contributed by atoms with Gasteiger partial charge >= 0.3 is 0 Å². The number of carboxylic acid groups (broad SMARTS) is 1. The molecule has 10 nitrogen and oxygen atoms in total. The molecule has 0 radical (unpaired) electrons. The molecular formula is C30H31N5O5S. The maximum Gasteiger partial charge on any atom is 0.290 e. The number of nitriles is 1. The first-order valence-electron chi connectivity index (χ1n) is 13.8. The summed E-state index contributed by atoms with van der Waals surface area (Å²) in [6.45, 7) is 3.92. The Labute approximate surface area is 241 Å². The van der Waals surface area contributed by atoms with Crippen molar-refractivity contribution in [2.75, 3.05) is 24.6 Å². The average Bonchev–Trinajstić information content (AvgIpc) is 3.43. The van der Waals surface area contributed by atoms with E-state index in [2.05, 4.69) is 28.2 Å². The number of pyridine rings is 1. The molecule has 41 heavy (non-hydrogen) atoms. The van der Waals surface area contributed by atoms with E-state index in [1.807, 2.05) is 24.3 Å². The minimum Gasteiger partial charge on any atom is -0.483 e. The van der Waals surface area contributed by atoms with Crippen molar-refractivity contribution in [2.24, 2.45) is 11.8 Å². The van der Waals surface area contributed by atoms with Gasteiger partial charge in [-0.15, -0.1) is 11.3 Å². The lowest BCUT2D eigenvalue weighted by Crippen LogP contribution is -2.41. The summed E-state index contributed by atoms with van der Waals surface area (Å²) in [7, 11) is 0. The quantitative estimate of drug-likeness (QED) is 0.310. The Morgan fingerprint density at radius 1 is 1.24 bits per heavy atom. The number of nitrogens with one attached hydrogen (secondary N) is 1. The van der Waals surface area contributed by atoms with E-state index in [1.54, 1.807) is 17.5 Å². The van der Waals surface area contributed by atoms with Crippen LogP contribution in [0.15, 0.2) is 30.5 Å². The van der Waals surface area contributed by atoms with E-state index >= 15 is 0 Å². The molecule has 0 spiro atoms. The number of piperidine rings is 1. The number of anilines is 1. The summed E-state index contributed by atoms with van der Waals surface area (Å²) in [5.74, 6) is -0.293. The molecule has 3 fully saturated rings. The van der Waals surface area contributed by atoms with Crippen molar-refractivity contribution in [3.8, 4) is 17.2 Å². The van der Waals surface area contributed by atoms with Gasteiger partial charge in [-0.3, -0.25) is 24.3 Å². The van der Waals surface area contributed by atoms with E-state index in [0.29, 0.717) is 18.5 Å². The van der Waals surface area contributed by atoms with Gasteiger partial charge in [0.1, 0.15) is 0 Å². The number of benzene rings is 1. The Morgan fingerprint density at radius 3 is 2.68 bits per heavy atom. The van der Waals surface area contributed by atoms with Crippen molar-refractivity contribution in [2.45, 2.75) is 50.7 Å². The summed E-state index contributed by atoms with van der Waals surface area (Å²) in [6, 6.07) is 10.6. The maximum atomic E-state index is 12.6. The monoisotopic (exact) mass is 573 g/mol. The van der Waals surface area contributed by atoms with E-state index in [0.717, 1.165) is 64.3 Å². The smallest absolute Gasteiger partial charge is 0.290 e. The second kappa shape index (κ2) is 10.5. The fraction of sp³-hybridized carbons (Fsp3) is 0.433. The summed E-state index contributed by atoms with van der Waals surface area (Å²) in [4.78, 5) is 42.9. The third kappa shape index (κ3) is 4.76. The molecule has 1 saturated carbocycles. The van der Waals surface area contributed by atoms with Crippen LogP contribution in [0.2, 0.25) is 0 Å². The zero-order valence-corrected chi connectivity index (χ0v) is 23.5. The Kier molecular flexibility index (Phi) is 7.01. The first kappa shape index (κ1) is 27.3. The Morgan fingerprint density at radius 2 is 2.00 bits per heavy atom. The molecule has 4 atom stereocenters. The minimum atomic E-state index is -0.299. The van der Waals surface area contributed by atoms with Gasteiger partial charge in [0.2, 0.25) is 11.8 Å². The second-order valence-electron chi connectivity index (χ2n) is 11.5. The highest BCUT2D eigenvalue weighted by molar-refractivity contribution is 7.19. The first-order valence-corrected chi connectivity index (χ1v) is 14.6. The molecule has 0 bridgehead atoms. The number of carbonyl (C=O) groups is 3. The number of carbonyl (C=O) groups excluding carboxylic acids is 2. The zero-order chi connectivity index (χ0) is 28.9. The highest BCUT2D eigenvalue weighted by Crippen LogP contribution is 2.48. The molecule has 3 N–H and O–H groups in total. The summed E-state index contributed by atoms with van der Waals surface area (Å²) >= 11 is 1.57. The first-order chi connectivity index (χ1) is 19.8. The van der Waals surface area contributed by atoms with Gasteiger partial charge in [-0.1, -0.05) is 0 Å². The predicted octanol–water partition coefficient (Wildman–Crippen LogP) is 2.91. The van der Waals surface area contributed by atoms with Crippen molar-refractivity contribution in [1.29, 1.82) is 5.26 Å². The van der Waals surface area contributed by atoms with E-state index in [-0.39, 0.29) is 48.3 Å². The molecule has 2 aromatic heterocycles. The molecule has 7 rings (SSSR count). The molecule has 2 unspecified atom stereocenters. The van der Waals surface area contributed by atoms with Gasteiger partial charge in [0.15, 0.2) is 0 Å². The lowest BCUT2D eigenvalue weighted by atomic mass is 9.89. The third-order valence-corrected chi connectivity index (χ3v) is 9.86.